The van der Waals surface area contributed by atoms with Crippen LogP contribution < -0.4 is 5.32 Å². The fourth-order valence-electron chi connectivity index (χ4n) is 2.52. The number of sulfonamides is 1. The maximum Gasteiger partial charge on any atom is 0.324 e. The zero-order valence-corrected chi connectivity index (χ0v) is 12.3. The summed E-state index contributed by atoms with van der Waals surface area (Å²) in [5.74, 6) is -1.15. The van der Waals surface area contributed by atoms with Crippen molar-refractivity contribution in [2.45, 2.75) is 24.3 Å². The van der Waals surface area contributed by atoms with Crippen LogP contribution in [0.1, 0.15) is 13.3 Å². The topological polar surface area (TPSA) is 92.6 Å². The number of likely N-dealkylation sites (N-methyl/N-ethyl adjacent to an activating group) is 1. The first kappa shape index (κ1) is 15.8. The molecule has 1 unspecified atom stereocenters. The monoisotopic (exact) mass is 317 g/mol. The molecule has 116 valence electrons. The van der Waals surface area contributed by atoms with Crippen molar-refractivity contribution < 1.29 is 17.7 Å². The van der Waals surface area contributed by atoms with E-state index in [4.69, 9.17) is 0 Å². The van der Waals surface area contributed by atoms with Crippen LogP contribution >= 0.6 is 0 Å². The molecule has 7 nitrogen and oxygen atoms in total. The highest BCUT2D eigenvalue weighted by Crippen LogP contribution is 2.30. The Morgan fingerprint density at radius 3 is 2.76 bits per heavy atom. The van der Waals surface area contributed by atoms with Gasteiger partial charge in [-0.15, -0.1) is 0 Å². The number of halogens is 1. The van der Waals surface area contributed by atoms with E-state index in [1.165, 1.54) is 4.31 Å². The van der Waals surface area contributed by atoms with Crippen LogP contribution in [0.15, 0.2) is 23.1 Å². The van der Waals surface area contributed by atoms with E-state index in [0.717, 1.165) is 18.2 Å². The first-order valence-electron chi connectivity index (χ1n) is 6.55. The molecule has 1 aliphatic heterocycles. The SMILES string of the molecule is CCN(C1CCNC1)S(=O)(=O)c1cccc(F)c1[N+](=O)[O-]. The molecule has 1 atom stereocenters. The Labute approximate surface area is 122 Å². The number of nitrogens with zero attached hydrogens (tertiary/aromatic N) is 2. The Hall–Kier alpha value is -1.58. The first-order chi connectivity index (χ1) is 9.89. The third-order valence-electron chi connectivity index (χ3n) is 3.47. The Balaban J connectivity index is 2.53. The second-order valence-corrected chi connectivity index (χ2v) is 6.56. The molecule has 0 saturated carbocycles. The van der Waals surface area contributed by atoms with Gasteiger partial charge in [0, 0.05) is 19.1 Å². The van der Waals surface area contributed by atoms with E-state index in [1.807, 2.05) is 0 Å². The predicted molar refractivity (Wildman–Crippen MR) is 73.9 cm³/mol. The fraction of sp³-hybridized carbons (Fsp3) is 0.500. The van der Waals surface area contributed by atoms with Crippen LogP contribution in [0.25, 0.3) is 0 Å². The van der Waals surface area contributed by atoms with Crippen molar-refractivity contribution in [3.63, 3.8) is 0 Å². The molecule has 0 spiro atoms. The molecular weight excluding hydrogens is 301 g/mol. The molecule has 0 radical (unpaired) electrons. The van der Waals surface area contributed by atoms with Gasteiger partial charge in [0.05, 0.1) is 4.92 Å². The summed E-state index contributed by atoms with van der Waals surface area (Å²) in [6.07, 6.45) is 0.621. The molecule has 1 fully saturated rings. The Bertz CT molecular complexity index is 644. The highest BCUT2D eigenvalue weighted by Gasteiger charge is 2.37. The lowest BCUT2D eigenvalue weighted by Gasteiger charge is -2.26. The fourth-order valence-corrected chi connectivity index (χ4v) is 4.35. The summed E-state index contributed by atoms with van der Waals surface area (Å²) >= 11 is 0. The van der Waals surface area contributed by atoms with E-state index in [-0.39, 0.29) is 12.6 Å². The van der Waals surface area contributed by atoms with Crippen LogP contribution in [0.5, 0.6) is 0 Å². The molecule has 0 amide bonds. The Morgan fingerprint density at radius 1 is 1.52 bits per heavy atom. The highest BCUT2D eigenvalue weighted by molar-refractivity contribution is 7.89. The number of nitro groups is 1. The van der Waals surface area contributed by atoms with Crippen molar-refractivity contribution in [2.75, 3.05) is 19.6 Å². The molecule has 1 saturated heterocycles. The average Bonchev–Trinajstić information content (AvgIpc) is 2.92. The summed E-state index contributed by atoms with van der Waals surface area (Å²) in [5.41, 5.74) is -0.998. The van der Waals surface area contributed by atoms with Gasteiger partial charge in [0.1, 0.15) is 0 Å². The smallest absolute Gasteiger partial charge is 0.315 e. The number of benzene rings is 1. The van der Waals surface area contributed by atoms with Gasteiger partial charge in [-0.25, -0.2) is 8.42 Å². The normalized spacial score (nSPS) is 19.1. The summed E-state index contributed by atoms with van der Waals surface area (Å²) in [4.78, 5) is 9.40. The summed E-state index contributed by atoms with van der Waals surface area (Å²) in [6.45, 7) is 2.99. The largest absolute Gasteiger partial charge is 0.324 e. The number of nitro benzene ring substituents is 1. The third kappa shape index (κ3) is 2.89. The van der Waals surface area contributed by atoms with Crippen LogP contribution in [0.3, 0.4) is 0 Å². The molecule has 0 aliphatic carbocycles. The van der Waals surface area contributed by atoms with Crippen LogP contribution in [-0.2, 0) is 10.0 Å². The molecule has 1 aromatic rings. The van der Waals surface area contributed by atoms with Crippen LogP contribution in [-0.4, -0.2) is 43.3 Å². The van der Waals surface area contributed by atoms with Gasteiger partial charge in [0.2, 0.25) is 15.8 Å². The highest BCUT2D eigenvalue weighted by atomic mass is 32.2. The van der Waals surface area contributed by atoms with E-state index in [2.05, 4.69) is 5.32 Å². The summed E-state index contributed by atoms with van der Waals surface area (Å²) in [7, 11) is -4.12. The zero-order valence-electron chi connectivity index (χ0n) is 11.5. The molecule has 1 aliphatic rings. The van der Waals surface area contributed by atoms with E-state index in [1.54, 1.807) is 6.92 Å². The Morgan fingerprint density at radius 2 is 2.24 bits per heavy atom. The minimum atomic E-state index is -4.12. The van der Waals surface area contributed by atoms with Gasteiger partial charge in [-0.1, -0.05) is 13.0 Å². The molecule has 1 heterocycles. The van der Waals surface area contributed by atoms with Gasteiger partial charge in [-0.05, 0) is 25.1 Å². The maximum absolute atomic E-state index is 13.6. The van der Waals surface area contributed by atoms with Gasteiger partial charge < -0.3 is 5.32 Å². The van der Waals surface area contributed by atoms with Crippen LogP contribution in [0.4, 0.5) is 10.1 Å². The number of hydrogen-bond donors (Lipinski definition) is 1. The standard InChI is InChI=1S/C12H16FN3O4S/c1-2-15(9-6-7-14-8-9)21(19,20)11-5-3-4-10(13)12(11)16(17)18/h3-5,9,14H,2,6-8H2,1H3. The number of hydrogen-bond acceptors (Lipinski definition) is 5. The Kier molecular flexibility index (Phi) is 4.55. The van der Waals surface area contributed by atoms with Crippen molar-refractivity contribution in [1.29, 1.82) is 0 Å². The maximum atomic E-state index is 13.6. The molecule has 0 bridgehead atoms. The molecular formula is C12H16FN3O4S. The summed E-state index contributed by atoms with van der Waals surface area (Å²) in [6, 6.07) is 2.84. The van der Waals surface area contributed by atoms with Crippen molar-refractivity contribution >= 4 is 15.7 Å². The molecule has 1 aromatic carbocycles. The lowest BCUT2D eigenvalue weighted by atomic mass is 10.3. The molecule has 2 rings (SSSR count). The quantitative estimate of drug-likeness (QED) is 0.648. The van der Waals surface area contributed by atoms with E-state index < -0.39 is 31.3 Å². The molecule has 1 N–H and O–H groups in total. The second-order valence-electron chi connectivity index (χ2n) is 4.70. The minimum Gasteiger partial charge on any atom is -0.315 e. The molecule has 9 heteroatoms. The summed E-state index contributed by atoms with van der Waals surface area (Å²) in [5, 5.41) is 14.0. The third-order valence-corrected chi connectivity index (χ3v) is 5.53. The molecule has 0 aromatic heterocycles. The van der Waals surface area contributed by atoms with Crippen LogP contribution in [0, 0.1) is 15.9 Å². The molecule has 21 heavy (non-hydrogen) atoms. The van der Waals surface area contributed by atoms with Crippen molar-refractivity contribution in [2.24, 2.45) is 0 Å². The first-order valence-corrected chi connectivity index (χ1v) is 7.99. The number of para-hydroxylation sites is 1. The van der Waals surface area contributed by atoms with Gasteiger partial charge >= 0.3 is 5.69 Å². The van der Waals surface area contributed by atoms with E-state index >= 15 is 0 Å². The van der Waals surface area contributed by atoms with Gasteiger partial charge in [0.15, 0.2) is 4.90 Å². The van der Waals surface area contributed by atoms with E-state index in [9.17, 15) is 22.9 Å². The van der Waals surface area contributed by atoms with Gasteiger partial charge in [0.25, 0.3) is 0 Å². The van der Waals surface area contributed by atoms with Crippen LogP contribution in [0.2, 0.25) is 0 Å². The lowest BCUT2D eigenvalue weighted by Crippen LogP contribution is -2.41. The lowest BCUT2D eigenvalue weighted by molar-refractivity contribution is -0.390. The number of rotatable bonds is 5. The zero-order chi connectivity index (χ0) is 15.6. The van der Waals surface area contributed by atoms with Gasteiger partial charge in [-0.2, -0.15) is 8.70 Å². The average molecular weight is 317 g/mol. The number of nitrogens with one attached hydrogen (secondary N) is 1. The van der Waals surface area contributed by atoms with E-state index in [0.29, 0.717) is 19.5 Å². The van der Waals surface area contributed by atoms with Gasteiger partial charge in [-0.3, -0.25) is 10.1 Å². The summed E-state index contributed by atoms with van der Waals surface area (Å²) < 4.78 is 40.1. The van der Waals surface area contributed by atoms with Crippen molar-refractivity contribution in [1.82, 2.24) is 9.62 Å². The second kappa shape index (κ2) is 6.04. The predicted octanol–water partition coefficient (Wildman–Crippen LogP) is 1.11. The van der Waals surface area contributed by atoms with Crippen molar-refractivity contribution in [3.8, 4) is 0 Å². The minimum absolute atomic E-state index is 0.169. The van der Waals surface area contributed by atoms with Crippen molar-refractivity contribution in [3.05, 3.63) is 34.1 Å².